The van der Waals surface area contributed by atoms with Crippen LogP contribution in [0.1, 0.15) is 46.0 Å². The summed E-state index contributed by atoms with van der Waals surface area (Å²) in [4.78, 5) is 11.1. The molecule has 1 atom stereocenters. The largest absolute Gasteiger partial charge is 0.358 e. The Morgan fingerprint density at radius 3 is 2.43 bits per heavy atom. The summed E-state index contributed by atoms with van der Waals surface area (Å²) in [6.07, 6.45) is 6.35. The maximum atomic E-state index is 11.1. The van der Waals surface area contributed by atoms with Gasteiger partial charge in [-0.15, -0.1) is 0 Å². The van der Waals surface area contributed by atoms with Crippen LogP contribution in [-0.4, -0.2) is 25.5 Å². The lowest BCUT2D eigenvalue weighted by Gasteiger charge is -2.11. The van der Waals surface area contributed by atoms with E-state index in [1.807, 2.05) is 6.92 Å². The molecule has 0 spiro atoms. The summed E-state index contributed by atoms with van der Waals surface area (Å²) in [6, 6.07) is -0.0637. The Morgan fingerprint density at radius 2 is 1.86 bits per heavy atom. The predicted octanol–water partition coefficient (Wildman–Crippen LogP) is 1.68. The van der Waals surface area contributed by atoms with E-state index in [1.165, 1.54) is 32.1 Å². The van der Waals surface area contributed by atoms with E-state index in [4.69, 9.17) is 0 Å². The number of amides is 1. The number of hydrogen-bond donors (Lipinski definition) is 2. The number of rotatable bonds is 8. The van der Waals surface area contributed by atoms with Crippen molar-refractivity contribution < 1.29 is 4.79 Å². The number of carbonyl (C=O) groups is 1. The van der Waals surface area contributed by atoms with E-state index < -0.39 is 0 Å². The van der Waals surface area contributed by atoms with E-state index in [9.17, 15) is 4.79 Å². The minimum atomic E-state index is -0.0637. The van der Waals surface area contributed by atoms with Crippen molar-refractivity contribution >= 4 is 5.91 Å². The molecule has 0 heterocycles. The summed E-state index contributed by atoms with van der Waals surface area (Å²) >= 11 is 0. The van der Waals surface area contributed by atoms with E-state index in [0.29, 0.717) is 0 Å². The standard InChI is InChI=1S/C11H24N2O/c1-4-5-6-7-8-9-13-10(2)11(14)12-3/h10,13H,4-9H2,1-3H3,(H,12,14). The van der Waals surface area contributed by atoms with E-state index in [0.717, 1.165) is 6.54 Å². The lowest BCUT2D eigenvalue weighted by atomic mass is 10.1. The molecule has 0 aromatic rings. The molecule has 0 fully saturated rings. The molecule has 2 N–H and O–H groups in total. The molecule has 0 bridgehead atoms. The van der Waals surface area contributed by atoms with Crippen molar-refractivity contribution in [2.75, 3.05) is 13.6 Å². The van der Waals surface area contributed by atoms with Gasteiger partial charge in [0.15, 0.2) is 0 Å². The monoisotopic (exact) mass is 200 g/mol. The third-order valence-corrected chi connectivity index (χ3v) is 2.37. The van der Waals surface area contributed by atoms with E-state index in [2.05, 4.69) is 17.6 Å². The number of carbonyl (C=O) groups excluding carboxylic acids is 1. The number of likely N-dealkylation sites (N-methyl/N-ethyl adjacent to an activating group) is 1. The van der Waals surface area contributed by atoms with Crippen molar-refractivity contribution in [1.82, 2.24) is 10.6 Å². The molecule has 1 amide bonds. The molecular formula is C11H24N2O. The zero-order chi connectivity index (χ0) is 10.8. The van der Waals surface area contributed by atoms with Crippen molar-refractivity contribution in [3.63, 3.8) is 0 Å². The fraction of sp³-hybridized carbons (Fsp3) is 0.909. The lowest BCUT2D eigenvalue weighted by Crippen LogP contribution is -2.40. The van der Waals surface area contributed by atoms with Gasteiger partial charge >= 0.3 is 0 Å². The van der Waals surface area contributed by atoms with Gasteiger partial charge in [-0.2, -0.15) is 0 Å². The Bertz CT molecular complexity index is 148. The Hall–Kier alpha value is -0.570. The topological polar surface area (TPSA) is 41.1 Å². The highest BCUT2D eigenvalue weighted by Gasteiger charge is 2.08. The van der Waals surface area contributed by atoms with Crippen molar-refractivity contribution in [2.24, 2.45) is 0 Å². The Labute approximate surface area is 87.6 Å². The molecule has 0 aromatic carbocycles. The molecule has 0 aliphatic rings. The molecule has 0 rings (SSSR count). The Kier molecular flexibility index (Phi) is 8.64. The van der Waals surface area contributed by atoms with Crippen molar-refractivity contribution in [3.8, 4) is 0 Å². The van der Waals surface area contributed by atoms with E-state index in [-0.39, 0.29) is 11.9 Å². The zero-order valence-corrected chi connectivity index (χ0v) is 9.73. The minimum Gasteiger partial charge on any atom is -0.358 e. The Morgan fingerprint density at radius 1 is 1.21 bits per heavy atom. The second kappa shape index (κ2) is 9.00. The summed E-state index contributed by atoms with van der Waals surface area (Å²) in [5.74, 6) is 0.0681. The van der Waals surface area contributed by atoms with Gasteiger partial charge in [0, 0.05) is 7.05 Å². The van der Waals surface area contributed by atoms with Crippen LogP contribution < -0.4 is 10.6 Å². The summed E-state index contributed by atoms with van der Waals surface area (Å²) in [6.45, 7) is 5.05. The van der Waals surface area contributed by atoms with Crippen LogP contribution in [0.2, 0.25) is 0 Å². The van der Waals surface area contributed by atoms with Crippen LogP contribution in [0.5, 0.6) is 0 Å². The molecule has 3 nitrogen and oxygen atoms in total. The van der Waals surface area contributed by atoms with Gasteiger partial charge in [-0.25, -0.2) is 0 Å². The van der Waals surface area contributed by atoms with Gasteiger partial charge in [-0.3, -0.25) is 4.79 Å². The van der Waals surface area contributed by atoms with Crippen LogP contribution in [-0.2, 0) is 4.79 Å². The highest BCUT2D eigenvalue weighted by molar-refractivity contribution is 5.80. The van der Waals surface area contributed by atoms with Gasteiger partial charge in [-0.1, -0.05) is 32.6 Å². The fourth-order valence-electron chi connectivity index (χ4n) is 1.36. The quantitative estimate of drug-likeness (QED) is 0.585. The molecule has 0 radical (unpaired) electrons. The molecule has 0 saturated heterocycles. The molecule has 3 heteroatoms. The van der Waals surface area contributed by atoms with Crippen LogP contribution in [0.4, 0.5) is 0 Å². The van der Waals surface area contributed by atoms with Gasteiger partial charge in [0.05, 0.1) is 6.04 Å². The molecule has 0 aliphatic carbocycles. The highest BCUT2D eigenvalue weighted by Crippen LogP contribution is 2.01. The summed E-state index contributed by atoms with van der Waals surface area (Å²) in [5, 5.41) is 5.82. The maximum Gasteiger partial charge on any atom is 0.236 e. The second-order valence-electron chi connectivity index (χ2n) is 3.70. The van der Waals surface area contributed by atoms with Crippen LogP contribution >= 0.6 is 0 Å². The summed E-state index contributed by atoms with van der Waals surface area (Å²) in [5.41, 5.74) is 0. The summed E-state index contributed by atoms with van der Waals surface area (Å²) < 4.78 is 0. The first-order chi connectivity index (χ1) is 6.72. The highest BCUT2D eigenvalue weighted by atomic mass is 16.2. The first-order valence-corrected chi connectivity index (χ1v) is 5.67. The summed E-state index contributed by atoms with van der Waals surface area (Å²) in [7, 11) is 1.67. The van der Waals surface area contributed by atoms with Gasteiger partial charge in [-0.05, 0) is 19.9 Å². The normalized spacial score (nSPS) is 12.5. The predicted molar refractivity (Wildman–Crippen MR) is 60.3 cm³/mol. The average Bonchev–Trinajstić information content (AvgIpc) is 2.21. The third-order valence-electron chi connectivity index (χ3n) is 2.37. The van der Waals surface area contributed by atoms with Gasteiger partial charge in [0.25, 0.3) is 0 Å². The number of nitrogens with one attached hydrogen (secondary N) is 2. The van der Waals surface area contributed by atoms with Crippen molar-refractivity contribution in [1.29, 1.82) is 0 Å². The molecular weight excluding hydrogens is 176 g/mol. The maximum absolute atomic E-state index is 11.1. The van der Waals surface area contributed by atoms with Crippen LogP contribution in [0.3, 0.4) is 0 Å². The lowest BCUT2D eigenvalue weighted by molar-refractivity contribution is -0.122. The third kappa shape index (κ3) is 6.89. The van der Waals surface area contributed by atoms with E-state index >= 15 is 0 Å². The average molecular weight is 200 g/mol. The van der Waals surface area contributed by atoms with Crippen LogP contribution in [0.15, 0.2) is 0 Å². The smallest absolute Gasteiger partial charge is 0.236 e. The van der Waals surface area contributed by atoms with Crippen molar-refractivity contribution in [3.05, 3.63) is 0 Å². The molecule has 14 heavy (non-hydrogen) atoms. The molecule has 84 valence electrons. The molecule has 0 aliphatic heterocycles. The SMILES string of the molecule is CCCCCCCNC(C)C(=O)NC. The fourth-order valence-corrected chi connectivity index (χ4v) is 1.36. The van der Waals surface area contributed by atoms with Crippen molar-refractivity contribution in [2.45, 2.75) is 52.0 Å². The van der Waals surface area contributed by atoms with Gasteiger partial charge < -0.3 is 10.6 Å². The first kappa shape index (κ1) is 13.4. The molecule has 0 saturated carbocycles. The van der Waals surface area contributed by atoms with Gasteiger partial charge in [0.2, 0.25) is 5.91 Å². The zero-order valence-electron chi connectivity index (χ0n) is 9.73. The number of hydrogen-bond acceptors (Lipinski definition) is 2. The van der Waals surface area contributed by atoms with E-state index in [1.54, 1.807) is 7.05 Å². The second-order valence-corrected chi connectivity index (χ2v) is 3.70. The van der Waals surface area contributed by atoms with Gasteiger partial charge in [0.1, 0.15) is 0 Å². The minimum absolute atomic E-state index is 0.0637. The first-order valence-electron chi connectivity index (χ1n) is 5.67. The Balaban J connectivity index is 3.23. The van der Waals surface area contributed by atoms with Crippen LogP contribution in [0.25, 0.3) is 0 Å². The van der Waals surface area contributed by atoms with Crippen LogP contribution in [0, 0.1) is 0 Å². The molecule has 0 aromatic heterocycles. The molecule has 1 unspecified atom stereocenters. The number of unbranched alkanes of at least 4 members (excludes halogenated alkanes) is 4.